The van der Waals surface area contributed by atoms with Crippen LogP contribution in [0.25, 0.3) is 0 Å². The normalized spacial score (nSPS) is 26.8. The predicted molar refractivity (Wildman–Crippen MR) is 86.7 cm³/mol. The summed E-state index contributed by atoms with van der Waals surface area (Å²) < 4.78 is 5.68. The minimum Gasteiger partial charge on any atom is -0.494 e. The zero-order valence-corrected chi connectivity index (χ0v) is 13.3. The molecule has 0 radical (unpaired) electrons. The first kappa shape index (κ1) is 14.9. The summed E-state index contributed by atoms with van der Waals surface area (Å²) in [6.07, 6.45) is 5.38. The van der Waals surface area contributed by atoms with Gasteiger partial charge in [0.1, 0.15) is 5.75 Å². The molecule has 1 N–H and O–H groups in total. The van der Waals surface area contributed by atoms with Crippen LogP contribution >= 0.6 is 0 Å². The van der Waals surface area contributed by atoms with E-state index >= 15 is 0 Å². The first-order valence-corrected chi connectivity index (χ1v) is 8.44. The van der Waals surface area contributed by atoms with E-state index in [9.17, 15) is 0 Å². The summed E-state index contributed by atoms with van der Waals surface area (Å²) in [5, 5.41) is 3.73. The summed E-state index contributed by atoms with van der Waals surface area (Å²) in [7, 11) is 2.27. The largest absolute Gasteiger partial charge is 0.494 e. The highest BCUT2D eigenvalue weighted by Crippen LogP contribution is 2.36. The third kappa shape index (κ3) is 3.78. The van der Waals surface area contributed by atoms with Crippen molar-refractivity contribution in [3.63, 3.8) is 0 Å². The van der Waals surface area contributed by atoms with E-state index in [0.717, 1.165) is 24.9 Å². The molecular weight excluding hydrogens is 260 g/mol. The van der Waals surface area contributed by atoms with Gasteiger partial charge in [-0.05, 0) is 69.8 Å². The number of piperidine rings is 1. The summed E-state index contributed by atoms with van der Waals surface area (Å²) in [5.74, 6) is 1.71. The number of hydrogen-bond acceptors (Lipinski definition) is 3. The number of nitrogens with zero attached hydrogens (tertiary/aromatic N) is 1. The van der Waals surface area contributed by atoms with Gasteiger partial charge in [-0.3, -0.25) is 4.90 Å². The maximum Gasteiger partial charge on any atom is 0.119 e. The van der Waals surface area contributed by atoms with Gasteiger partial charge in [0.05, 0.1) is 6.61 Å². The standard InChI is InChI=1S/C18H28N2O/c1-3-21-17-8-4-6-14(12-17)18-15(7-5-11-20(18)2)13-19-16-9-10-16/h4,6,8,12,15-16,18-19H,3,5,7,9-11,13H2,1-2H3. The molecular formula is C18H28N2O. The Labute approximate surface area is 128 Å². The molecule has 2 fully saturated rings. The van der Waals surface area contributed by atoms with E-state index < -0.39 is 0 Å². The second-order valence-electron chi connectivity index (χ2n) is 6.52. The van der Waals surface area contributed by atoms with Crippen LogP contribution in [-0.2, 0) is 0 Å². The quantitative estimate of drug-likeness (QED) is 0.870. The fourth-order valence-electron chi connectivity index (χ4n) is 3.56. The van der Waals surface area contributed by atoms with Crippen LogP contribution in [0.3, 0.4) is 0 Å². The average Bonchev–Trinajstić information content (AvgIpc) is 3.30. The van der Waals surface area contributed by atoms with Gasteiger partial charge >= 0.3 is 0 Å². The first-order chi connectivity index (χ1) is 10.3. The van der Waals surface area contributed by atoms with Gasteiger partial charge in [-0.15, -0.1) is 0 Å². The second-order valence-corrected chi connectivity index (χ2v) is 6.52. The third-order valence-electron chi connectivity index (χ3n) is 4.76. The van der Waals surface area contributed by atoms with Gasteiger partial charge in [-0.1, -0.05) is 12.1 Å². The molecule has 3 nitrogen and oxygen atoms in total. The third-order valence-corrected chi connectivity index (χ3v) is 4.76. The van der Waals surface area contributed by atoms with Gasteiger partial charge in [0.2, 0.25) is 0 Å². The molecule has 1 heterocycles. The molecule has 0 spiro atoms. The monoisotopic (exact) mass is 288 g/mol. The molecule has 3 heteroatoms. The molecule has 3 rings (SSSR count). The Hall–Kier alpha value is -1.06. The van der Waals surface area contributed by atoms with Crippen LogP contribution < -0.4 is 10.1 Å². The van der Waals surface area contributed by atoms with Crippen molar-refractivity contribution in [2.75, 3.05) is 26.7 Å². The fourth-order valence-corrected chi connectivity index (χ4v) is 3.56. The van der Waals surface area contributed by atoms with E-state index in [0.29, 0.717) is 12.0 Å². The number of rotatable bonds is 6. The molecule has 116 valence electrons. The topological polar surface area (TPSA) is 24.5 Å². The number of nitrogens with one attached hydrogen (secondary N) is 1. The zero-order valence-electron chi connectivity index (χ0n) is 13.3. The van der Waals surface area contributed by atoms with Crippen molar-refractivity contribution in [3.05, 3.63) is 29.8 Å². The van der Waals surface area contributed by atoms with Crippen molar-refractivity contribution in [2.24, 2.45) is 5.92 Å². The molecule has 2 atom stereocenters. The number of benzene rings is 1. The van der Waals surface area contributed by atoms with Gasteiger partial charge in [0.15, 0.2) is 0 Å². The zero-order chi connectivity index (χ0) is 14.7. The Kier molecular flexibility index (Phi) is 4.81. The molecule has 1 saturated heterocycles. The molecule has 2 aliphatic rings. The summed E-state index contributed by atoms with van der Waals surface area (Å²) in [4.78, 5) is 2.52. The lowest BCUT2D eigenvalue weighted by Crippen LogP contribution is -2.40. The van der Waals surface area contributed by atoms with Crippen molar-refractivity contribution in [1.82, 2.24) is 10.2 Å². The lowest BCUT2D eigenvalue weighted by molar-refractivity contribution is 0.119. The molecule has 1 aromatic carbocycles. The van der Waals surface area contributed by atoms with Crippen molar-refractivity contribution >= 4 is 0 Å². The molecule has 0 aromatic heterocycles. The van der Waals surface area contributed by atoms with Crippen LogP contribution in [0.15, 0.2) is 24.3 Å². The van der Waals surface area contributed by atoms with Gasteiger partial charge in [-0.2, -0.15) is 0 Å². The Morgan fingerprint density at radius 3 is 2.90 bits per heavy atom. The van der Waals surface area contributed by atoms with Crippen LogP contribution in [0, 0.1) is 5.92 Å². The summed E-state index contributed by atoms with van der Waals surface area (Å²) in [5.41, 5.74) is 1.41. The first-order valence-electron chi connectivity index (χ1n) is 8.44. The van der Waals surface area contributed by atoms with Crippen LogP contribution in [0.1, 0.15) is 44.2 Å². The maximum absolute atomic E-state index is 5.68. The van der Waals surface area contributed by atoms with E-state index in [2.05, 4.69) is 41.5 Å². The summed E-state index contributed by atoms with van der Waals surface area (Å²) in [6, 6.07) is 10.0. The van der Waals surface area contributed by atoms with Crippen molar-refractivity contribution < 1.29 is 4.74 Å². The van der Waals surface area contributed by atoms with E-state index in [1.165, 1.54) is 37.8 Å². The molecule has 2 unspecified atom stereocenters. The van der Waals surface area contributed by atoms with E-state index in [1.54, 1.807) is 0 Å². The van der Waals surface area contributed by atoms with E-state index in [1.807, 2.05) is 6.92 Å². The molecule has 0 amide bonds. The lowest BCUT2D eigenvalue weighted by atomic mass is 9.84. The molecule has 0 bridgehead atoms. The van der Waals surface area contributed by atoms with E-state index in [4.69, 9.17) is 4.74 Å². The average molecular weight is 288 g/mol. The van der Waals surface area contributed by atoms with Gasteiger partial charge < -0.3 is 10.1 Å². The van der Waals surface area contributed by atoms with Gasteiger partial charge in [-0.25, -0.2) is 0 Å². The molecule has 1 aliphatic heterocycles. The predicted octanol–water partition coefficient (Wildman–Crippen LogP) is 3.22. The Bertz CT molecular complexity index is 458. The minimum absolute atomic E-state index is 0.519. The Morgan fingerprint density at radius 2 is 2.14 bits per heavy atom. The highest BCUT2D eigenvalue weighted by molar-refractivity contribution is 5.31. The molecule has 21 heavy (non-hydrogen) atoms. The number of likely N-dealkylation sites (tertiary alicyclic amines) is 1. The smallest absolute Gasteiger partial charge is 0.119 e. The highest BCUT2D eigenvalue weighted by Gasteiger charge is 2.32. The van der Waals surface area contributed by atoms with Gasteiger partial charge in [0, 0.05) is 18.6 Å². The van der Waals surface area contributed by atoms with Gasteiger partial charge in [0.25, 0.3) is 0 Å². The second kappa shape index (κ2) is 6.80. The maximum atomic E-state index is 5.68. The summed E-state index contributed by atoms with van der Waals surface area (Å²) in [6.45, 7) is 5.13. The number of ether oxygens (including phenoxy) is 1. The lowest BCUT2D eigenvalue weighted by Gasteiger charge is -2.40. The molecule has 1 saturated carbocycles. The van der Waals surface area contributed by atoms with Crippen LogP contribution in [0.5, 0.6) is 5.75 Å². The van der Waals surface area contributed by atoms with E-state index in [-0.39, 0.29) is 0 Å². The molecule has 1 aromatic rings. The van der Waals surface area contributed by atoms with Crippen molar-refractivity contribution in [2.45, 2.75) is 44.7 Å². The SMILES string of the molecule is CCOc1cccc(C2C(CNC3CC3)CCCN2C)c1. The van der Waals surface area contributed by atoms with Crippen molar-refractivity contribution in [1.29, 1.82) is 0 Å². The van der Waals surface area contributed by atoms with Crippen LogP contribution in [-0.4, -0.2) is 37.7 Å². The van der Waals surface area contributed by atoms with Crippen LogP contribution in [0.2, 0.25) is 0 Å². The van der Waals surface area contributed by atoms with Crippen molar-refractivity contribution in [3.8, 4) is 5.75 Å². The van der Waals surface area contributed by atoms with Crippen LogP contribution in [0.4, 0.5) is 0 Å². The Balaban J connectivity index is 1.75. The fraction of sp³-hybridized carbons (Fsp3) is 0.667. The minimum atomic E-state index is 0.519. The highest BCUT2D eigenvalue weighted by atomic mass is 16.5. The molecule has 1 aliphatic carbocycles. The Morgan fingerprint density at radius 1 is 1.29 bits per heavy atom. The number of hydrogen-bond donors (Lipinski definition) is 1. The summed E-state index contributed by atoms with van der Waals surface area (Å²) >= 11 is 0.